The molecule has 0 saturated heterocycles. The molecule has 0 aromatic heterocycles. The summed E-state index contributed by atoms with van der Waals surface area (Å²) in [6.07, 6.45) is 2.31. The van der Waals surface area contributed by atoms with Crippen molar-refractivity contribution >= 4 is 9.24 Å². The van der Waals surface area contributed by atoms with Crippen LogP contribution in [0.5, 0.6) is 0 Å². The highest BCUT2D eigenvalue weighted by Gasteiger charge is 2.32. The third-order valence-electron chi connectivity index (χ3n) is 5.72. The van der Waals surface area contributed by atoms with Gasteiger partial charge in [0.15, 0.2) is 0 Å². The molecule has 0 heterocycles. The lowest BCUT2D eigenvalue weighted by Gasteiger charge is -2.35. The standard InChI is InChI=1S/C22H31P/c1-8-13-22(23,20-11-9-14(2)16(4)18(20)6)21-12-10-15(3)17(5)19(21)7/h9-12H,8,13,23H2,1-7H3. The van der Waals surface area contributed by atoms with Crippen LogP contribution in [0.15, 0.2) is 24.3 Å². The zero-order chi connectivity index (χ0) is 17.4. The second kappa shape index (κ2) is 6.78. The van der Waals surface area contributed by atoms with Crippen LogP contribution in [0.25, 0.3) is 0 Å². The van der Waals surface area contributed by atoms with Crippen LogP contribution in [0, 0.1) is 41.5 Å². The molecule has 1 unspecified atom stereocenters. The maximum atomic E-state index is 3.21. The Morgan fingerprint density at radius 3 is 1.43 bits per heavy atom. The summed E-state index contributed by atoms with van der Waals surface area (Å²) < 4.78 is 0. The van der Waals surface area contributed by atoms with Gasteiger partial charge >= 0.3 is 0 Å². The Morgan fingerprint density at radius 1 is 0.696 bits per heavy atom. The summed E-state index contributed by atoms with van der Waals surface area (Å²) in [5.41, 5.74) is 11.4. The van der Waals surface area contributed by atoms with E-state index in [0.717, 1.165) is 6.42 Å². The van der Waals surface area contributed by atoms with Gasteiger partial charge in [-0.2, -0.15) is 0 Å². The van der Waals surface area contributed by atoms with Gasteiger partial charge in [-0.1, -0.05) is 37.6 Å². The van der Waals surface area contributed by atoms with Crippen molar-refractivity contribution in [3.05, 3.63) is 68.8 Å². The first-order valence-corrected chi connectivity index (χ1v) is 9.25. The predicted molar refractivity (Wildman–Crippen MR) is 107 cm³/mol. The zero-order valence-electron chi connectivity index (χ0n) is 15.8. The van der Waals surface area contributed by atoms with Crippen molar-refractivity contribution in [1.29, 1.82) is 0 Å². The van der Waals surface area contributed by atoms with Crippen LogP contribution < -0.4 is 0 Å². The van der Waals surface area contributed by atoms with Crippen LogP contribution >= 0.6 is 9.24 Å². The van der Waals surface area contributed by atoms with E-state index in [1.54, 1.807) is 0 Å². The van der Waals surface area contributed by atoms with Crippen molar-refractivity contribution in [2.75, 3.05) is 0 Å². The molecule has 2 rings (SSSR count). The Balaban J connectivity index is 2.75. The number of hydrogen-bond acceptors (Lipinski definition) is 0. The molecule has 0 aliphatic rings. The lowest BCUT2D eigenvalue weighted by Crippen LogP contribution is -2.23. The summed E-state index contributed by atoms with van der Waals surface area (Å²) in [6, 6.07) is 9.24. The fourth-order valence-corrected chi connectivity index (χ4v) is 4.60. The normalized spacial score (nSPS) is 11.8. The van der Waals surface area contributed by atoms with Gasteiger partial charge in [-0.05, 0) is 92.5 Å². The highest BCUT2D eigenvalue weighted by atomic mass is 31.0. The summed E-state index contributed by atoms with van der Waals surface area (Å²) in [4.78, 5) is 0. The van der Waals surface area contributed by atoms with Gasteiger partial charge in [0.2, 0.25) is 0 Å². The molecule has 0 radical (unpaired) electrons. The van der Waals surface area contributed by atoms with Crippen LogP contribution in [-0.2, 0) is 5.16 Å². The highest BCUT2D eigenvalue weighted by molar-refractivity contribution is 7.19. The second-order valence-corrected chi connectivity index (χ2v) is 8.07. The van der Waals surface area contributed by atoms with Gasteiger partial charge in [0, 0.05) is 5.16 Å². The Kier molecular flexibility index (Phi) is 5.37. The molecule has 23 heavy (non-hydrogen) atoms. The van der Waals surface area contributed by atoms with Gasteiger partial charge in [-0.25, -0.2) is 0 Å². The van der Waals surface area contributed by atoms with E-state index in [2.05, 4.69) is 82.0 Å². The molecule has 0 fully saturated rings. The maximum Gasteiger partial charge on any atom is 0.0349 e. The van der Waals surface area contributed by atoms with E-state index in [1.807, 2.05) is 0 Å². The third-order valence-corrected chi connectivity index (χ3v) is 6.63. The maximum absolute atomic E-state index is 3.21. The first-order valence-electron chi connectivity index (χ1n) is 8.67. The molecule has 0 N–H and O–H groups in total. The van der Waals surface area contributed by atoms with Gasteiger partial charge in [0.05, 0.1) is 0 Å². The number of aryl methyl sites for hydroxylation is 2. The molecule has 0 amide bonds. The van der Waals surface area contributed by atoms with E-state index in [9.17, 15) is 0 Å². The molecular formula is C22H31P. The lowest BCUT2D eigenvalue weighted by atomic mass is 9.79. The molecule has 2 aromatic rings. The van der Waals surface area contributed by atoms with E-state index in [1.165, 1.54) is 50.9 Å². The molecule has 0 bridgehead atoms. The topological polar surface area (TPSA) is 0 Å². The van der Waals surface area contributed by atoms with Crippen LogP contribution in [0.3, 0.4) is 0 Å². The number of benzene rings is 2. The highest BCUT2D eigenvalue weighted by Crippen LogP contribution is 2.47. The van der Waals surface area contributed by atoms with Crippen LogP contribution in [-0.4, -0.2) is 0 Å². The Bertz CT molecular complexity index is 668. The molecular weight excluding hydrogens is 295 g/mol. The van der Waals surface area contributed by atoms with Gasteiger partial charge in [0.1, 0.15) is 0 Å². The van der Waals surface area contributed by atoms with E-state index >= 15 is 0 Å². The Morgan fingerprint density at radius 2 is 1.09 bits per heavy atom. The average Bonchev–Trinajstić information content (AvgIpc) is 2.50. The summed E-state index contributed by atoms with van der Waals surface area (Å²) in [5.74, 6) is 0. The van der Waals surface area contributed by atoms with Crippen molar-refractivity contribution < 1.29 is 0 Å². The minimum atomic E-state index is -0.000162. The first kappa shape index (κ1) is 18.2. The monoisotopic (exact) mass is 326 g/mol. The quantitative estimate of drug-likeness (QED) is 0.566. The first-order chi connectivity index (χ1) is 10.7. The van der Waals surface area contributed by atoms with Crippen LogP contribution in [0.4, 0.5) is 0 Å². The van der Waals surface area contributed by atoms with E-state index in [4.69, 9.17) is 0 Å². The van der Waals surface area contributed by atoms with Gasteiger partial charge < -0.3 is 0 Å². The fraction of sp³-hybridized carbons (Fsp3) is 0.455. The molecule has 1 heteroatoms. The molecule has 0 spiro atoms. The SMILES string of the molecule is CCCC(P)(c1ccc(C)c(C)c1C)c1ccc(C)c(C)c1C. The summed E-state index contributed by atoms with van der Waals surface area (Å²) in [7, 11) is 3.21. The van der Waals surface area contributed by atoms with Crippen molar-refractivity contribution in [3.8, 4) is 0 Å². The molecule has 0 saturated carbocycles. The fourth-order valence-electron chi connectivity index (χ4n) is 3.69. The van der Waals surface area contributed by atoms with Crippen molar-refractivity contribution in [3.63, 3.8) is 0 Å². The van der Waals surface area contributed by atoms with Gasteiger partial charge in [0.25, 0.3) is 0 Å². The summed E-state index contributed by atoms with van der Waals surface area (Å²) in [6.45, 7) is 15.8. The minimum absolute atomic E-state index is 0.000162. The molecule has 124 valence electrons. The Hall–Kier alpha value is -1.13. The molecule has 2 aromatic carbocycles. The van der Waals surface area contributed by atoms with Crippen LogP contribution in [0.2, 0.25) is 0 Å². The van der Waals surface area contributed by atoms with Crippen molar-refractivity contribution in [2.45, 2.75) is 66.5 Å². The van der Waals surface area contributed by atoms with Crippen LogP contribution in [0.1, 0.15) is 64.3 Å². The molecule has 0 nitrogen and oxygen atoms in total. The van der Waals surface area contributed by atoms with E-state index < -0.39 is 0 Å². The van der Waals surface area contributed by atoms with Crippen molar-refractivity contribution in [2.24, 2.45) is 0 Å². The third kappa shape index (κ3) is 3.11. The molecule has 0 aliphatic heterocycles. The lowest BCUT2D eigenvalue weighted by molar-refractivity contribution is 0.636. The van der Waals surface area contributed by atoms with E-state index in [0.29, 0.717) is 0 Å². The largest absolute Gasteiger partial charge is 0.122 e. The predicted octanol–water partition coefficient (Wildman–Crippen LogP) is 6.46. The number of rotatable bonds is 4. The van der Waals surface area contributed by atoms with Gasteiger partial charge in [-0.15, -0.1) is 9.24 Å². The smallest absolute Gasteiger partial charge is 0.0349 e. The Labute approximate surface area is 144 Å². The molecule has 0 aliphatic carbocycles. The zero-order valence-corrected chi connectivity index (χ0v) is 17.0. The van der Waals surface area contributed by atoms with E-state index in [-0.39, 0.29) is 5.16 Å². The second-order valence-electron chi connectivity index (χ2n) is 7.08. The number of hydrogen-bond donors (Lipinski definition) is 0. The minimum Gasteiger partial charge on any atom is -0.122 e. The van der Waals surface area contributed by atoms with Gasteiger partial charge in [-0.3, -0.25) is 0 Å². The summed E-state index contributed by atoms with van der Waals surface area (Å²) >= 11 is 0. The van der Waals surface area contributed by atoms with Crippen molar-refractivity contribution in [1.82, 2.24) is 0 Å². The summed E-state index contributed by atoms with van der Waals surface area (Å²) in [5, 5.41) is -0.000162. The average molecular weight is 326 g/mol. The molecule has 1 atom stereocenters.